The van der Waals surface area contributed by atoms with Gasteiger partial charge in [-0.3, -0.25) is 9.89 Å². The zero-order valence-electron chi connectivity index (χ0n) is 15.4. The predicted molar refractivity (Wildman–Crippen MR) is 120 cm³/mol. The maximum atomic E-state index is 6.14. The Morgan fingerprint density at radius 1 is 1.33 bits per heavy atom. The van der Waals surface area contributed by atoms with Crippen LogP contribution in [0.4, 0.5) is 5.69 Å². The van der Waals surface area contributed by atoms with Gasteiger partial charge in [0.25, 0.3) is 0 Å². The number of nitrogens with two attached hydrogens (primary N) is 1. The van der Waals surface area contributed by atoms with Crippen LogP contribution in [-0.4, -0.2) is 37.6 Å². The van der Waals surface area contributed by atoms with Gasteiger partial charge in [0.15, 0.2) is 5.96 Å². The number of anilines is 1. The highest BCUT2D eigenvalue weighted by molar-refractivity contribution is 14.0. The van der Waals surface area contributed by atoms with Gasteiger partial charge in [-0.05, 0) is 56.3 Å². The van der Waals surface area contributed by atoms with Gasteiger partial charge in [-0.15, -0.1) is 24.0 Å². The summed E-state index contributed by atoms with van der Waals surface area (Å²) >= 11 is 6.14. The number of ether oxygens (including phenoxy) is 1. The number of halogens is 2. The van der Waals surface area contributed by atoms with E-state index in [9.17, 15) is 0 Å². The van der Waals surface area contributed by atoms with Crippen molar-refractivity contribution < 1.29 is 9.15 Å². The van der Waals surface area contributed by atoms with Crippen molar-refractivity contribution >= 4 is 47.2 Å². The van der Waals surface area contributed by atoms with Gasteiger partial charge in [-0.2, -0.15) is 0 Å². The molecule has 0 aliphatic carbocycles. The monoisotopic (exact) mass is 504 g/mol. The molecular formula is C19H26ClIN4O2. The van der Waals surface area contributed by atoms with Gasteiger partial charge in [0.1, 0.15) is 11.5 Å². The standard InChI is InChI=1S/C19H25ClN4O2.HI/c1-25-17-8-7-14(12-15(17)20)23-19(21)22-13-16(18-6-5-11-26-18)24-9-3-2-4-10-24;/h5-8,11-12,16H,2-4,9-10,13H2,1H3,(H3,21,22,23);1H. The summed E-state index contributed by atoms with van der Waals surface area (Å²) in [5.41, 5.74) is 6.84. The Morgan fingerprint density at radius 3 is 2.74 bits per heavy atom. The first-order chi connectivity index (χ1) is 12.7. The molecule has 1 aliphatic heterocycles. The van der Waals surface area contributed by atoms with Crippen molar-refractivity contribution in [3.05, 3.63) is 47.4 Å². The Labute approximate surface area is 182 Å². The molecule has 27 heavy (non-hydrogen) atoms. The van der Waals surface area contributed by atoms with Gasteiger partial charge in [0, 0.05) is 5.69 Å². The quantitative estimate of drug-likeness (QED) is 0.344. The molecule has 0 amide bonds. The molecule has 148 valence electrons. The Balaban J connectivity index is 0.00000261. The fraction of sp³-hybridized carbons (Fsp3) is 0.421. The van der Waals surface area contributed by atoms with E-state index in [2.05, 4.69) is 15.2 Å². The lowest BCUT2D eigenvalue weighted by molar-refractivity contribution is 0.150. The molecule has 0 spiro atoms. The predicted octanol–water partition coefficient (Wildman–Crippen LogP) is 4.51. The van der Waals surface area contributed by atoms with Crippen LogP contribution < -0.4 is 15.8 Å². The second-order valence-electron chi connectivity index (χ2n) is 6.33. The molecule has 2 aromatic rings. The highest BCUT2D eigenvalue weighted by Gasteiger charge is 2.24. The van der Waals surface area contributed by atoms with E-state index in [1.807, 2.05) is 18.2 Å². The van der Waals surface area contributed by atoms with Gasteiger partial charge in [-0.1, -0.05) is 18.0 Å². The largest absolute Gasteiger partial charge is 0.495 e. The third-order valence-corrected chi connectivity index (χ3v) is 4.86. The molecule has 2 heterocycles. The highest BCUT2D eigenvalue weighted by Crippen LogP contribution is 2.27. The molecule has 1 aromatic carbocycles. The smallest absolute Gasteiger partial charge is 0.193 e. The average Bonchev–Trinajstić information content (AvgIpc) is 3.17. The molecule has 3 N–H and O–H groups in total. The Morgan fingerprint density at radius 2 is 2.11 bits per heavy atom. The lowest BCUT2D eigenvalue weighted by Crippen LogP contribution is -2.36. The number of hydrogen-bond donors (Lipinski definition) is 2. The van der Waals surface area contributed by atoms with E-state index in [4.69, 9.17) is 26.5 Å². The Kier molecular flexibility index (Phi) is 8.72. The van der Waals surface area contributed by atoms with E-state index in [0.29, 0.717) is 23.3 Å². The molecule has 0 radical (unpaired) electrons. The zero-order valence-corrected chi connectivity index (χ0v) is 18.4. The van der Waals surface area contributed by atoms with Gasteiger partial charge < -0.3 is 20.2 Å². The number of methoxy groups -OCH3 is 1. The van der Waals surface area contributed by atoms with E-state index in [1.165, 1.54) is 19.3 Å². The normalized spacial score (nSPS) is 16.4. The van der Waals surface area contributed by atoms with Crippen LogP contribution in [0.25, 0.3) is 0 Å². The molecule has 3 rings (SSSR count). The second kappa shape index (κ2) is 10.8. The van der Waals surface area contributed by atoms with Gasteiger partial charge in [-0.25, -0.2) is 0 Å². The summed E-state index contributed by atoms with van der Waals surface area (Å²) in [7, 11) is 1.58. The fourth-order valence-electron chi connectivity index (χ4n) is 3.21. The number of furan rings is 1. The van der Waals surface area contributed by atoms with Crippen molar-refractivity contribution in [1.82, 2.24) is 4.90 Å². The minimum absolute atomic E-state index is 0. The van der Waals surface area contributed by atoms with Crippen LogP contribution in [0.5, 0.6) is 5.75 Å². The number of rotatable bonds is 6. The van der Waals surface area contributed by atoms with Crippen LogP contribution in [0.3, 0.4) is 0 Å². The zero-order chi connectivity index (χ0) is 18.4. The SMILES string of the molecule is COc1ccc(NC(N)=NCC(c2ccco2)N2CCCCC2)cc1Cl.I. The fourth-order valence-corrected chi connectivity index (χ4v) is 3.47. The lowest BCUT2D eigenvalue weighted by Gasteiger charge is -2.32. The molecule has 1 fully saturated rings. The molecular weight excluding hydrogens is 479 g/mol. The third-order valence-electron chi connectivity index (χ3n) is 4.56. The third kappa shape index (κ3) is 6.02. The van der Waals surface area contributed by atoms with Crippen molar-refractivity contribution in [3.63, 3.8) is 0 Å². The van der Waals surface area contributed by atoms with Gasteiger partial charge in [0.2, 0.25) is 0 Å². The summed E-state index contributed by atoms with van der Waals surface area (Å²) < 4.78 is 10.8. The van der Waals surface area contributed by atoms with Crippen molar-refractivity contribution in [3.8, 4) is 5.75 Å². The lowest BCUT2D eigenvalue weighted by atomic mass is 10.1. The second-order valence-corrected chi connectivity index (χ2v) is 6.74. The average molecular weight is 505 g/mol. The molecule has 8 heteroatoms. The van der Waals surface area contributed by atoms with Gasteiger partial charge in [0.05, 0.1) is 31.0 Å². The molecule has 1 aromatic heterocycles. The molecule has 0 bridgehead atoms. The van der Waals surface area contributed by atoms with Crippen molar-refractivity contribution in [1.29, 1.82) is 0 Å². The number of nitrogens with zero attached hydrogens (tertiary/aromatic N) is 2. The summed E-state index contributed by atoms with van der Waals surface area (Å²) in [6.45, 7) is 2.65. The van der Waals surface area contributed by atoms with Gasteiger partial charge >= 0.3 is 0 Å². The summed E-state index contributed by atoms with van der Waals surface area (Å²) in [6.07, 6.45) is 5.40. The first-order valence-electron chi connectivity index (χ1n) is 8.85. The van der Waals surface area contributed by atoms with Crippen LogP contribution in [-0.2, 0) is 0 Å². The van der Waals surface area contributed by atoms with Crippen molar-refractivity contribution in [2.45, 2.75) is 25.3 Å². The number of hydrogen-bond acceptors (Lipinski definition) is 4. The van der Waals surface area contributed by atoms with E-state index >= 15 is 0 Å². The molecule has 1 aliphatic rings. The maximum absolute atomic E-state index is 6.14. The van der Waals surface area contributed by atoms with E-state index < -0.39 is 0 Å². The summed E-state index contributed by atoms with van der Waals surface area (Å²) in [6, 6.07) is 9.42. The van der Waals surface area contributed by atoms with Crippen LogP contribution in [0, 0.1) is 0 Å². The Hall–Kier alpha value is -1.45. The van der Waals surface area contributed by atoms with E-state index in [0.717, 1.165) is 24.5 Å². The first-order valence-corrected chi connectivity index (χ1v) is 9.23. The highest BCUT2D eigenvalue weighted by atomic mass is 127. The number of guanidine groups is 1. The summed E-state index contributed by atoms with van der Waals surface area (Å²) in [5.74, 6) is 1.89. The van der Waals surface area contributed by atoms with E-state index in [-0.39, 0.29) is 30.0 Å². The molecule has 6 nitrogen and oxygen atoms in total. The Bertz CT molecular complexity index is 733. The maximum Gasteiger partial charge on any atom is 0.193 e. The molecule has 1 saturated heterocycles. The number of aliphatic imine (C=N–C) groups is 1. The van der Waals surface area contributed by atoms with Crippen LogP contribution in [0.2, 0.25) is 5.02 Å². The van der Waals surface area contributed by atoms with Crippen molar-refractivity contribution in [2.24, 2.45) is 10.7 Å². The first kappa shape index (κ1) is 21.8. The number of benzene rings is 1. The number of piperidine rings is 1. The topological polar surface area (TPSA) is 76.0 Å². The minimum Gasteiger partial charge on any atom is -0.495 e. The van der Waals surface area contributed by atoms with E-state index in [1.54, 1.807) is 25.5 Å². The molecule has 1 atom stereocenters. The molecule has 0 saturated carbocycles. The van der Waals surface area contributed by atoms with Crippen LogP contribution >= 0.6 is 35.6 Å². The summed E-state index contributed by atoms with van der Waals surface area (Å²) in [5, 5.41) is 3.60. The van der Waals surface area contributed by atoms with Crippen molar-refractivity contribution in [2.75, 3.05) is 32.1 Å². The van der Waals surface area contributed by atoms with Crippen LogP contribution in [0.15, 0.2) is 46.0 Å². The summed E-state index contributed by atoms with van der Waals surface area (Å²) in [4.78, 5) is 6.95. The molecule has 1 unspecified atom stereocenters. The number of likely N-dealkylation sites (tertiary alicyclic amines) is 1. The minimum atomic E-state index is 0. The number of nitrogens with one attached hydrogen (secondary N) is 1. The van der Waals surface area contributed by atoms with Crippen LogP contribution in [0.1, 0.15) is 31.1 Å².